The van der Waals surface area contributed by atoms with Gasteiger partial charge in [0.2, 0.25) is 0 Å². The van der Waals surface area contributed by atoms with Gasteiger partial charge in [0.1, 0.15) is 0 Å². The maximum absolute atomic E-state index is 12.3. The maximum atomic E-state index is 12.3. The summed E-state index contributed by atoms with van der Waals surface area (Å²) in [5, 5.41) is 11.4. The molecular formula is C25H28N2O4. The van der Waals surface area contributed by atoms with Crippen LogP contribution in [0.25, 0.3) is 0 Å². The van der Waals surface area contributed by atoms with Crippen LogP contribution in [-0.4, -0.2) is 23.8 Å². The van der Waals surface area contributed by atoms with Gasteiger partial charge < -0.3 is 10.1 Å². The smallest absolute Gasteiger partial charge is 0.307 e. The van der Waals surface area contributed by atoms with Gasteiger partial charge in [-0.2, -0.15) is 5.26 Å². The molecule has 1 unspecified atom stereocenters. The first-order valence-electron chi connectivity index (χ1n) is 10.6. The number of ketones is 1. The quantitative estimate of drug-likeness (QED) is 0.319. The molecule has 0 spiro atoms. The van der Waals surface area contributed by atoms with Crippen LogP contribution in [0.2, 0.25) is 0 Å². The molecule has 0 aliphatic rings. The summed E-state index contributed by atoms with van der Waals surface area (Å²) in [6.45, 7) is 3.63. The number of carbonyl (C=O) groups excluding carboxylic acids is 3. The van der Waals surface area contributed by atoms with E-state index in [4.69, 9.17) is 10.00 Å². The van der Waals surface area contributed by atoms with Crippen LogP contribution < -0.4 is 5.32 Å². The minimum Gasteiger partial charge on any atom is -0.453 e. The zero-order valence-corrected chi connectivity index (χ0v) is 18.0. The molecule has 2 aromatic rings. The van der Waals surface area contributed by atoms with Crippen molar-refractivity contribution in [3.63, 3.8) is 0 Å². The highest BCUT2D eigenvalue weighted by Crippen LogP contribution is 2.13. The molecule has 2 aromatic carbocycles. The molecule has 0 radical (unpaired) electrons. The van der Waals surface area contributed by atoms with Crippen molar-refractivity contribution in [2.75, 3.05) is 5.32 Å². The Morgan fingerprint density at radius 3 is 2.29 bits per heavy atom. The number of ether oxygens (including phenoxy) is 1. The van der Waals surface area contributed by atoms with Gasteiger partial charge >= 0.3 is 5.97 Å². The number of hydrogen-bond acceptors (Lipinski definition) is 5. The third-order valence-corrected chi connectivity index (χ3v) is 4.86. The number of carbonyl (C=O) groups is 3. The highest BCUT2D eigenvalue weighted by Gasteiger charge is 2.19. The molecule has 6 nitrogen and oxygen atoms in total. The number of rotatable bonds is 11. The van der Waals surface area contributed by atoms with E-state index in [2.05, 4.69) is 12.2 Å². The number of aryl methyl sites for hydroxylation is 1. The van der Waals surface area contributed by atoms with Gasteiger partial charge in [0.25, 0.3) is 5.91 Å². The SMILES string of the molecule is CCCCCc1ccc(C(=O)CCC(=O)OC(C)C(=O)Nc2ccc(C#N)cc2)cc1. The summed E-state index contributed by atoms with van der Waals surface area (Å²) in [5.41, 5.74) is 2.75. The molecule has 0 saturated heterocycles. The van der Waals surface area contributed by atoms with Crippen molar-refractivity contribution in [3.05, 3.63) is 65.2 Å². The van der Waals surface area contributed by atoms with Gasteiger partial charge in [-0.25, -0.2) is 0 Å². The Bertz CT molecular complexity index is 927. The second kappa shape index (κ2) is 12.3. The van der Waals surface area contributed by atoms with Crippen molar-refractivity contribution in [1.82, 2.24) is 0 Å². The van der Waals surface area contributed by atoms with Crippen molar-refractivity contribution in [1.29, 1.82) is 5.26 Å². The normalized spacial score (nSPS) is 11.3. The van der Waals surface area contributed by atoms with Gasteiger partial charge in [-0.3, -0.25) is 14.4 Å². The topological polar surface area (TPSA) is 96.3 Å². The molecule has 0 aliphatic carbocycles. The fourth-order valence-corrected chi connectivity index (χ4v) is 2.98. The Hall–Kier alpha value is -3.46. The molecule has 1 atom stereocenters. The number of nitrogens with one attached hydrogen (secondary N) is 1. The first-order valence-corrected chi connectivity index (χ1v) is 10.6. The van der Waals surface area contributed by atoms with Crippen molar-refractivity contribution in [2.24, 2.45) is 0 Å². The van der Waals surface area contributed by atoms with Gasteiger partial charge in [-0.05, 0) is 49.6 Å². The standard InChI is InChI=1S/C25H28N2O4/c1-3-4-5-6-19-7-11-21(12-8-19)23(28)15-16-24(29)31-18(2)25(30)27-22-13-9-20(17-26)10-14-22/h7-14,18H,3-6,15-16H2,1-2H3,(H,27,30). The first kappa shape index (κ1) is 23.8. The Morgan fingerprint density at radius 2 is 1.68 bits per heavy atom. The minimum absolute atomic E-state index is 0.0258. The number of amides is 1. The largest absolute Gasteiger partial charge is 0.453 e. The molecule has 6 heteroatoms. The number of unbranched alkanes of at least 4 members (excludes halogenated alkanes) is 2. The van der Waals surface area contributed by atoms with Crippen molar-refractivity contribution < 1.29 is 19.1 Å². The van der Waals surface area contributed by atoms with E-state index < -0.39 is 18.0 Å². The lowest BCUT2D eigenvalue weighted by atomic mass is 10.0. The van der Waals surface area contributed by atoms with E-state index in [0.717, 1.165) is 12.8 Å². The molecule has 2 rings (SSSR count). The summed E-state index contributed by atoms with van der Waals surface area (Å²) in [6, 6.07) is 15.8. The third-order valence-electron chi connectivity index (χ3n) is 4.86. The van der Waals surface area contributed by atoms with E-state index in [1.807, 2.05) is 18.2 Å². The second-order valence-corrected chi connectivity index (χ2v) is 7.39. The number of esters is 1. The molecule has 1 amide bonds. The van der Waals surface area contributed by atoms with Gasteiger partial charge in [-0.1, -0.05) is 44.0 Å². The Kier molecular flexibility index (Phi) is 9.44. The van der Waals surface area contributed by atoms with E-state index in [-0.39, 0.29) is 18.6 Å². The molecule has 0 fully saturated rings. The summed E-state index contributed by atoms with van der Waals surface area (Å²) < 4.78 is 5.13. The molecule has 162 valence electrons. The molecule has 0 heterocycles. The summed E-state index contributed by atoms with van der Waals surface area (Å²) in [5.74, 6) is -1.22. The van der Waals surface area contributed by atoms with E-state index in [0.29, 0.717) is 16.8 Å². The molecule has 0 aromatic heterocycles. The molecule has 31 heavy (non-hydrogen) atoms. The monoisotopic (exact) mass is 420 g/mol. The molecule has 0 bridgehead atoms. The van der Waals surface area contributed by atoms with Gasteiger partial charge in [-0.15, -0.1) is 0 Å². The van der Waals surface area contributed by atoms with Crippen molar-refractivity contribution in [2.45, 2.75) is 58.5 Å². The zero-order valence-electron chi connectivity index (χ0n) is 18.0. The fourth-order valence-electron chi connectivity index (χ4n) is 2.98. The average Bonchev–Trinajstić information content (AvgIpc) is 2.78. The van der Waals surface area contributed by atoms with E-state index in [1.54, 1.807) is 36.4 Å². The second-order valence-electron chi connectivity index (χ2n) is 7.39. The lowest BCUT2D eigenvalue weighted by Crippen LogP contribution is -2.30. The highest BCUT2D eigenvalue weighted by atomic mass is 16.5. The van der Waals surface area contributed by atoms with Crippen LogP contribution in [0.3, 0.4) is 0 Å². The van der Waals surface area contributed by atoms with Crippen LogP contribution in [0.15, 0.2) is 48.5 Å². The predicted octanol–water partition coefficient (Wildman–Crippen LogP) is 4.82. The number of nitriles is 1. The van der Waals surface area contributed by atoms with Crippen molar-refractivity contribution >= 4 is 23.3 Å². The van der Waals surface area contributed by atoms with Crippen LogP contribution in [0.1, 0.15) is 67.4 Å². The molecule has 1 N–H and O–H groups in total. The number of anilines is 1. The average molecular weight is 421 g/mol. The number of Topliss-reactive ketones (excluding diaryl/α,β-unsaturated/α-hetero) is 1. The number of hydrogen-bond donors (Lipinski definition) is 1. The molecular weight excluding hydrogens is 392 g/mol. The lowest BCUT2D eigenvalue weighted by Gasteiger charge is -2.13. The van der Waals surface area contributed by atoms with E-state index in [9.17, 15) is 14.4 Å². The van der Waals surface area contributed by atoms with Gasteiger partial charge in [0.05, 0.1) is 18.1 Å². The fraction of sp³-hybridized carbons (Fsp3) is 0.360. The third kappa shape index (κ3) is 8.06. The molecule has 0 saturated carbocycles. The first-order chi connectivity index (χ1) is 14.9. The Balaban J connectivity index is 1.76. The van der Waals surface area contributed by atoms with Crippen molar-refractivity contribution in [3.8, 4) is 6.07 Å². The lowest BCUT2D eigenvalue weighted by molar-refractivity contribution is -0.153. The van der Waals surface area contributed by atoms with Crippen LogP contribution in [0, 0.1) is 11.3 Å². The predicted molar refractivity (Wildman–Crippen MR) is 119 cm³/mol. The maximum Gasteiger partial charge on any atom is 0.307 e. The summed E-state index contributed by atoms with van der Waals surface area (Å²) in [4.78, 5) is 36.5. The highest BCUT2D eigenvalue weighted by molar-refractivity contribution is 5.98. The molecule has 0 aliphatic heterocycles. The number of nitrogens with zero attached hydrogens (tertiary/aromatic N) is 1. The van der Waals surface area contributed by atoms with Gasteiger partial charge in [0, 0.05) is 17.7 Å². The summed E-state index contributed by atoms with van der Waals surface area (Å²) in [7, 11) is 0. The van der Waals surface area contributed by atoms with Gasteiger partial charge in [0.15, 0.2) is 11.9 Å². The number of benzene rings is 2. The van der Waals surface area contributed by atoms with Crippen LogP contribution in [0.4, 0.5) is 5.69 Å². The Labute approximate surface area is 183 Å². The van der Waals surface area contributed by atoms with Crippen LogP contribution in [0.5, 0.6) is 0 Å². The minimum atomic E-state index is -0.999. The summed E-state index contributed by atoms with van der Waals surface area (Å²) in [6.07, 6.45) is 3.42. The van der Waals surface area contributed by atoms with Crippen LogP contribution in [-0.2, 0) is 20.7 Å². The Morgan fingerprint density at radius 1 is 1.00 bits per heavy atom. The van der Waals surface area contributed by atoms with E-state index in [1.165, 1.54) is 25.3 Å². The van der Waals surface area contributed by atoms with E-state index >= 15 is 0 Å². The zero-order chi connectivity index (χ0) is 22.6. The summed E-state index contributed by atoms with van der Waals surface area (Å²) >= 11 is 0. The van der Waals surface area contributed by atoms with Crippen LogP contribution >= 0.6 is 0 Å².